The maximum Gasteiger partial charge on any atom is 0.313 e. The topological polar surface area (TPSA) is 93.4 Å². The smallest absolute Gasteiger partial charge is 0.313 e. The molecule has 1 aliphatic rings. The Hall–Kier alpha value is -2.86. The van der Waals surface area contributed by atoms with Crippen molar-refractivity contribution in [3.8, 4) is 6.07 Å². The molecule has 2 N–H and O–H groups in total. The summed E-state index contributed by atoms with van der Waals surface area (Å²) in [5, 5.41) is 14.8. The van der Waals surface area contributed by atoms with Crippen LogP contribution in [0.15, 0.2) is 36.5 Å². The Morgan fingerprint density at radius 3 is 2.53 bits per heavy atom. The maximum absolute atomic E-state index is 12.5. The molecule has 0 aliphatic carbocycles. The van der Waals surface area contributed by atoms with Crippen molar-refractivity contribution in [1.29, 1.82) is 5.26 Å². The first-order chi connectivity index (χ1) is 14.4. The number of nitriles is 1. The Morgan fingerprint density at radius 1 is 1.17 bits per heavy atom. The molecule has 9 heteroatoms. The standard InChI is InChI=1S/C21H25ClN6O2/c1-26-8-10-28(11-9-26)19(18-4-3-7-27(18)2)14-24-20(29)21(30)25-17-12-16(22)6-5-15(17)13-23/h3-7,12,19H,8-11,14H2,1-2H3,(H,24,29)(H,25,30). The molecular weight excluding hydrogens is 404 g/mol. The minimum Gasteiger partial charge on any atom is -0.353 e. The van der Waals surface area contributed by atoms with E-state index >= 15 is 0 Å². The molecule has 8 nitrogen and oxygen atoms in total. The summed E-state index contributed by atoms with van der Waals surface area (Å²) >= 11 is 5.94. The number of piperazine rings is 1. The number of hydrogen-bond donors (Lipinski definition) is 2. The largest absolute Gasteiger partial charge is 0.353 e. The van der Waals surface area contributed by atoms with Gasteiger partial charge in [-0.25, -0.2) is 0 Å². The molecule has 1 aliphatic heterocycles. The summed E-state index contributed by atoms with van der Waals surface area (Å²) in [6.07, 6.45) is 1.97. The third kappa shape index (κ3) is 5.19. The summed E-state index contributed by atoms with van der Waals surface area (Å²) in [5.74, 6) is -1.59. The number of likely N-dealkylation sites (N-methyl/N-ethyl adjacent to an activating group) is 1. The van der Waals surface area contributed by atoms with E-state index in [-0.39, 0.29) is 17.3 Å². The first kappa shape index (κ1) is 21.8. The molecule has 1 aromatic carbocycles. The Balaban J connectivity index is 1.67. The first-order valence-electron chi connectivity index (χ1n) is 9.71. The van der Waals surface area contributed by atoms with Crippen LogP contribution in [0.3, 0.4) is 0 Å². The lowest BCUT2D eigenvalue weighted by molar-refractivity contribution is -0.136. The van der Waals surface area contributed by atoms with Gasteiger partial charge in [0.2, 0.25) is 0 Å². The van der Waals surface area contributed by atoms with E-state index in [1.165, 1.54) is 12.1 Å². The third-order valence-corrected chi connectivity index (χ3v) is 5.55. The summed E-state index contributed by atoms with van der Waals surface area (Å²) in [6.45, 7) is 3.95. The zero-order valence-corrected chi connectivity index (χ0v) is 17.8. The van der Waals surface area contributed by atoms with Crippen molar-refractivity contribution in [3.63, 3.8) is 0 Å². The second kappa shape index (κ2) is 9.76. The van der Waals surface area contributed by atoms with Crippen molar-refractivity contribution in [2.24, 2.45) is 7.05 Å². The van der Waals surface area contributed by atoms with Gasteiger partial charge in [-0.05, 0) is 37.4 Å². The van der Waals surface area contributed by atoms with E-state index in [1.54, 1.807) is 6.07 Å². The molecule has 2 aromatic rings. The fraction of sp³-hybridized carbons (Fsp3) is 0.381. The number of carbonyl (C=O) groups excluding carboxylic acids is 2. The van der Waals surface area contributed by atoms with Crippen molar-refractivity contribution in [1.82, 2.24) is 19.7 Å². The van der Waals surface area contributed by atoms with Gasteiger partial charge in [-0.1, -0.05) is 11.6 Å². The molecule has 1 fully saturated rings. The summed E-state index contributed by atoms with van der Waals surface area (Å²) in [6, 6.07) is 10.4. The number of aryl methyl sites for hydroxylation is 1. The van der Waals surface area contributed by atoms with Crippen LogP contribution in [0.5, 0.6) is 0 Å². The molecule has 1 aromatic heterocycles. The van der Waals surface area contributed by atoms with Crippen LogP contribution >= 0.6 is 11.6 Å². The summed E-state index contributed by atoms with van der Waals surface area (Å²) in [4.78, 5) is 29.4. The van der Waals surface area contributed by atoms with Gasteiger partial charge in [0.05, 0.1) is 17.3 Å². The third-order valence-electron chi connectivity index (χ3n) is 5.32. The van der Waals surface area contributed by atoms with Gasteiger partial charge in [0.15, 0.2) is 0 Å². The number of amides is 2. The number of halogens is 1. The van der Waals surface area contributed by atoms with Gasteiger partial charge in [-0.2, -0.15) is 5.26 Å². The average molecular weight is 429 g/mol. The average Bonchev–Trinajstić information content (AvgIpc) is 3.15. The minimum atomic E-state index is -0.835. The number of hydrogen-bond acceptors (Lipinski definition) is 5. The number of aromatic nitrogens is 1. The highest BCUT2D eigenvalue weighted by atomic mass is 35.5. The first-order valence-corrected chi connectivity index (χ1v) is 10.1. The number of anilines is 1. The second-order valence-electron chi connectivity index (χ2n) is 7.36. The van der Waals surface area contributed by atoms with Crippen LogP contribution in [0.2, 0.25) is 5.02 Å². The molecule has 0 radical (unpaired) electrons. The molecule has 2 heterocycles. The monoisotopic (exact) mass is 428 g/mol. The van der Waals surface area contributed by atoms with Gasteiger partial charge < -0.3 is 20.1 Å². The molecule has 30 heavy (non-hydrogen) atoms. The van der Waals surface area contributed by atoms with Gasteiger partial charge in [0, 0.05) is 56.7 Å². The van der Waals surface area contributed by atoms with Gasteiger partial charge in [-0.15, -0.1) is 0 Å². The summed E-state index contributed by atoms with van der Waals surface area (Å²) < 4.78 is 2.03. The highest BCUT2D eigenvalue weighted by molar-refractivity contribution is 6.40. The van der Waals surface area contributed by atoms with E-state index in [2.05, 4.69) is 27.5 Å². The zero-order valence-electron chi connectivity index (χ0n) is 17.1. The predicted octanol–water partition coefficient (Wildman–Crippen LogP) is 1.59. The molecule has 0 bridgehead atoms. The number of carbonyl (C=O) groups is 2. The quantitative estimate of drug-likeness (QED) is 0.705. The van der Waals surface area contributed by atoms with Crippen LogP contribution in [0.4, 0.5) is 5.69 Å². The van der Waals surface area contributed by atoms with Crippen molar-refractivity contribution in [2.45, 2.75) is 6.04 Å². The molecule has 0 spiro atoms. The van der Waals surface area contributed by atoms with Gasteiger partial charge in [0.1, 0.15) is 6.07 Å². The van der Waals surface area contributed by atoms with E-state index in [1.807, 2.05) is 36.0 Å². The molecule has 1 unspecified atom stereocenters. The fourth-order valence-electron chi connectivity index (χ4n) is 3.54. The Bertz CT molecular complexity index is 959. The number of benzene rings is 1. The van der Waals surface area contributed by atoms with Crippen LogP contribution < -0.4 is 10.6 Å². The predicted molar refractivity (Wildman–Crippen MR) is 115 cm³/mol. The van der Waals surface area contributed by atoms with Gasteiger partial charge >= 0.3 is 11.8 Å². The summed E-state index contributed by atoms with van der Waals surface area (Å²) in [7, 11) is 4.06. The SMILES string of the molecule is CN1CCN(C(CNC(=O)C(=O)Nc2cc(Cl)ccc2C#N)c2cccn2C)CC1. The second-order valence-corrected chi connectivity index (χ2v) is 7.80. The molecule has 0 saturated carbocycles. The van der Waals surface area contributed by atoms with E-state index in [0.29, 0.717) is 11.6 Å². The number of nitrogens with zero attached hydrogens (tertiary/aromatic N) is 4. The van der Waals surface area contributed by atoms with Crippen LogP contribution in [0.1, 0.15) is 17.3 Å². The lowest BCUT2D eigenvalue weighted by atomic mass is 10.1. The Kier molecular flexibility index (Phi) is 7.11. The lowest BCUT2D eigenvalue weighted by Gasteiger charge is -2.38. The van der Waals surface area contributed by atoms with Crippen LogP contribution in [-0.4, -0.2) is 66.0 Å². The summed E-state index contributed by atoms with van der Waals surface area (Å²) in [5.41, 5.74) is 1.52. The van der Waals surface area contributed by atoms with Crippen molar-refractivity contribution < 1.29 is 9.59 Å². The molecule has 1 saturated heterocycles. The van der Waals surface area contributed by atoms with Gasteiger partial charge in [0.25, 0.3) is 0 Å². The number of rotatable bonds is 5. The van der Waals surface area contributed by atoms with E-state index < -0.39 is 11.8 Å². The molecular formula is C21H25ClN6O2. The molecule has 3 rings (SSSR count). The molecule has 158 valence electrons. The van der Waals surface area contributed by atoms with E-state index in [4.69, 9.17) is 11.6 Å². The maximum atomic E-state index is 12.5. The lowest BCUT2D eigenvalue weighted by Crippen LogP contribution is -2.49. The van der Waals surface area contributed by atoms with Crippen molar-refractivity contribution in [3.05, 3.63) is 52.8 Å². The fourth-order valence-corrected chi connectivity index (χ4v) is 3.71. The highest BCUT2D eigenvalue weighted by Gasteiger charge is 2.27. The number of nitrogens with one attached hydrogen (secondary N) is 2. The van der Waals surface area contributed by atoms with Crippen molar-refractivity contribution in [2.75, 3.05) is 45.1 Å². The van der Waals surface area contributed by atoms with E-state index in [0.717, 1.165) is 31.9 Å². The Morgan fingerprint density at radius 2 is 1.90 bits per heavy atom. The molecule has 2 amide bonds. The Labute approximate surface area is 181 Å². The van der Waals surface area contributed by atoms with Crippen LogP contribution in [0, 0.1) is 11.3 Å². The highest BCUT2D eigenvalue weighted by Crippen LogP contribution is 2.22. The minimum absolute atomic E-state index is 0.0451. The molecule has 1 atom stereocenters. The van der Waals surface area contributed by atoms with Gasteiger partial charge in [-0.3, -0.25) is 14.5 Å². The van der Waals surface area contributed by atoms with Crippen molar-refractivity contribution >= 4 is 29.1 Å². The van der Waals surface area contributed by atoms with E-state index in [9.17, 15) is 14.9 Å². The van der Waals surface area contributed by atoms with Crippen LogP contribution in [-0.2, 0) is 16.6 Å². The normalized spacial score (nSPS) is 15.9. The van der Waals surface area contributed by atoms with Crippen LogP contribution in [0.25, 0.3) is 0 Å². The zero-order chi connectivity index (χ0) is 21.7.